The minimum Gasteiger partial charge on any atom is -0.487 e. The first-order chi connectivity index (χ1) is 61.2. The van der Waals surface area contributed by atoms with Gasteiger partial charge in [0.15, 0.2) is 0 Å². The number of rotatable bonds is 59. The Balaban J connectivity index is 0.700. The first kappa shape index (κ1) is 99.9. The number of benzene rings is 3. The van der Waals surface area contributed by atoms with E-state index in [1.807, 2.05) is 0 Å². The standard InChI is InChI=1S/C85H126N16O25/c1-2-3-4-5-6-7-8-9-10-17-75(108)92-85(54-118-39-30-72(105)86-33-11-14-36-89-82(115)57-18-24-63(25-19-57)121-48-60-42-99(96-93-60)66-51-124-69(45-102)79(112)76(66)109,55-119-40-31-73(106)87-34-12-15-37-90-83(116)58-20-26-64(27-21-58)122-49-61-43-100(97-94-61)67-52-125-70(46-103)80(113)77(67)110)56-120-41-32-74(107)88-35-13-16-38-91-84(117)59-22-28-65(29-23-59)123-50-62-44-101(98-95-62)68-53-126-71(47-104)81(114)78(68)111/h18-29,42-44,66-71,76-81,102-104,109-114H,2-17,30-41,45-56H2,1H3,(H,86,105)(H,87,106)(H,88,107)(H,89,115)(H,90,116)(H,91,117)(H,92,108)/t66-,67-,68-,69+,70+,71+,76+,77+,78+,79-,80-,81-/m0/s1. The molecule has 3 aromatic heterocycles. The third kappa shape index (κ3) is 33.1. The molecule has 7 amide bonds. The van der Waals surface area contributed by atoms with E-state index in [1.165, 1.54) is 33.3 Å². The molecule has 0 radical (unpaired) electrons. The second kappa shape index (κ2) is 54.4. The molecule has 16 N–H and O–H groups in total. The van der Waals surface area contributed by atoms with Gasteiger partial charge in [0.05, 0.1) is 97.9 Å². The van der Waals surface area contributed by atoms with Crippen LogP contribution in [0.3, 0.4) is 0 Å². The molecule has 12 atom stereocenters. The normalized spacial score (nSPS) is 20.7. The molecule has 9 rings (SSSR count). The molecule has 41 nitrogen and oxygen atoms in total. The zero-order valence-corrected chi connectivity index (χ0v) is 71.5. The van der Waals surface area contributed by atoms with E-state index in [0.717, 1.165) is 32.1 Å². The molecule has 126 heavy (non-hydrogen) atoms. The van der Waals surface area contributed by atoms with Crippen LogP contribution < -0.4 is 51.4 Å². The molecule has 0 bridgehead atoms. The van der Waals surface area contributed by atoms with E-state index in [2.05, 4.69) is 75.1 Å². The molecule has 3 aromatic carbocycles. The lowest BCUT2D eigenvalue weighted by molar-refractivity contribution is -0.171. The Morgan fingerprint density at radius 3 is 0.952 bits per heavy atom. The lowest BCUT2D eigenvalue weighted by Crippen LogP contribution is -2.58. The first-order valence-corrected chi connectivity index (χ1v) is 43.5. The number of carbonyl (C=O) groups is 7. The largest absolute Gasteiger partial charge is 0.487 e. The minimum absolute atomic E-state index is 0.0104. The van der Waals surface area contributed by atoms with E-state index >= 15 is 0 Å². The van der Waals surface area contributed by atoms with Crippen molar-refractivity contribution >= 4 is 41.4 Å². The molecule has 41 heteroatoms. The smallest absolute Gasteiger partial charge is 0.251 e. The number of aliphatic hydroxyl groups is 9. The van der Waals surface area contributed by atoms with Gasteiger partial charge in [0.1, 0.15) is 133 Å². The maximum absolute atomic E-state index is 14.0. The van der Waals surface area contributed by atoms with Crippen LogP contribution in [-0.2, 0) is 67.4 Å². The van der Waals surface area contributed by atoms with E-state index in [9.17, 15) is 79.5 Å². The van der Waals surface area contributed by atoms with Crippen LogP contribution >= 0.6 is 0 Å². The summed E-state index contributed by atoms with van der Waals surface area (Å²) in [5.41, 5.74) is 1.17. The van der Waals surface area contributed by atoms with Crippen molar-refractivity contribution in [2.45, 2.75) is 227 Å². The molecular weight excluding hydrogens is 1650 g/mol. The third-order valence-corrected chi connectivity index (χ3v) is 21.7. The molecule has 0 spiro atoms. The topological polar surface area (TPSA) is 561 Å². The van der Waals surface area contributed by atoms with Gasteiger partial charge in [-0.2, -0.15) is 0 Å². The third-order valence-electron chi connectivity index (χ3n) is 21.7. The van der Waals surface area contributed by atoms with Gasteiger partial charge >= 0.3 is 0 Å². The lowest BCUT2D eigenvalue weighted by Gasteiger charge is -2.36. The molecule has 0 unspecified atom stereocenters. The fourth-order valence-corrected chi connectivity index (χ4v) is 14.1. The summed E-state index contributed by atoms with van der Waals surface area (Å²) in [4.78, 5) is 92.7. The second-order valence-corrected chi connectivity index (χ2v) is 31.6. The summed E-state index contributed by atoms with van der Waals surface area (Å²) < 4.78 is 56.6. The van der Waals surface area contributed by atoms with Crippen LogP contribution in [0.25, 0.3) is 0 Å². The van der Waals surface area contributed by atoms with Crippen LogP contribution in [0.2, 0.25) is 0 Å². The van der Waals surface area contributed by atoms with Crippen LogP contribution in [0, 0.1) is 0 Å². The average Bonchev–Trinajstić information content (AvgIpc) is 1.56. The Morgan fingerprint density at radius 1 is 0.373 bits per heavy atom. The molecule has 3 saturated heterocycles. The first-order valence-electron chi connectivity index (χ1n) is 43.5. The second-order valence-electron chi connectivity index (χ2n) is 31.6. The van der Waals surface area contributed by atoms with Gasteiger partial charge in [0.25, 0.3) is 17.7 Å². The Hall–Kier alpha value is -9.83. The van der Waals surface area contributed by atoms with Gasteiger partial charge in [0, 0.05) is 81.6 Å². The summed E-state index contributed by atoms with van der Waals surface area (Å²) in [6.07, 6.45) is 7.13. The highest BCUT2D eigenvalue weighted by Crippen LogP contribution is 2.29. The molecule has 696 valence electrons. The number of carbonyl (C=O) groups excluding carboxylic acids is 7. The van der Waals surface area contributed by atoms with E-state index < -0.39 is 98.4 Å². The highest BCUT2D eigenvalue weighted by Gasteiger charge is 2.43. The molecular formula is C85H126N16O25. The molecule has 6 aromatic rings. The van der Waals surface area contributed by atoms with Gasteiger partial charge in [-0.05, 0) is 118 Å². The van der Waals surface area contributed by atoms with Gasteiger partial charge < -0.3 is 126 Å². The summed E-state index contributed by atoms with van der Waals surface area (Å²) in [6.45, 7) is 2.23. The predicted molar refractivity (Wildman–Crippen MR) is 449 cm³/mol. The summed E-state index contributed by atoms with van der Waals surface area (Å²) in [6, 6.07) is 17.4. The number of nitrogens with one attached hydrogen (secondary N) is 7. The lowest BCUT2D eigenvalue weighted by atomic mass is 9.98. The average molecular weight is 1770 g/mol. The van der Waals surface area contributed by atoms with Gasteiger partial charge in [-0.3, -0.25) is 33.6 Å². The maximum atomic E-state index is 14.0. The number of hydrogen-bond acceptors (Lipinski definition) is 31. The van der Waals surface area contributed by atoms with Crippen molar-refractivity contribution in [3.8, 4) is 17.2 Å². The predicted octanol–water partition coefficient (Wildman–Crippen LogP) is 0.435. The van der Waals surface area contributed by atoms with Crippen molar-refractivity contribution < 1.29 is 122 Å². The zero-order valence-electron chi connectivity index (χ0n) is 71.5. The Bertz CT molecular complexity index is 3820. The molecule has 3 fully saturated rings. The monoisotopic (exact) mass is 1770 g/mol. The molecule has 0 saturated carbocycles. The number of aliphatic hydroxyl groups excluding tert-OH is 9. The molecule has 3 aliphatic rings. The van der Waals surface area contributed by atoms with Crippen molar-refractivity contribution in [1.82, 2.24) is 82.2 Å². The van der Waals surface area contributed by atoms with Crippen LogP contribution in [0.4, 0.5) is 0 Å². The Labute approximate surface area is 730 Å². The van der Waals surface area contributed by atoms with Crippen LogP contribution in [0.15, 0.2) is 91.4 Å². The number of nitrogens with zero attached hydrogens (tertiary/aromatic N) is 9. The van der Waals surface area contributed by atoms with Crippen molar-refractivity contribution in [3.05, 3.63) is 125 Å². The van der Waals surface area contributed by atoms with Gasteiger partial charge in [0.2, 0.25) is 23.6 Å². The number of hydrogen-bond donors (Lipinski definition) is 16. The van der Waals surface area contributed by atoms with E-state index in [1.54, 1.807) is 91.4 Å². The quantitative estimate of drug-likeness (QED) is 0.0230. The summed E-state index contributed by atoms with van der Waals surface area (Å²) in [5, 5.41) is 135. The summed E-state index contributed by atoms with van der Waals surface area (Å²) >= 11 is 0. The summed E-state index contributed by atoms with van der Waals surface area (Å²) in [7, 11) is 0. The Kier molecular flexibility index (Phi) is 43.1. The summed E-state index contributed by atoms with van der Waals surface area (Å²) in [5.74, 6) is -0.707. The van der Waals surface area contributed by atoms with Crippen molar-refractivity contribution in [3.63, 3.8) is 0 Å². The highest BCUT2D eigenvalue weighted by molar-refractivity contribution is 5.95. The van der Waals surface area contributed by atoms with Crippen LogP contribution in [-0.4, -0.2) is 311 Å². The Morgan fingerprint density at radius 2 is 0.659 bits per heavy atom. The highest BCUT2D eigenvalue weighted by atomic mass is 16.5. The molecule has 3 aliphatic heterocycles. The van der Waals surface area contributed by atoms with E-state index in [-0.39, 0.29) is 146 Å². The van der Waals surface area contributed by atoms with Crippen LogP contribution in [0.1, 0.15) is 195 Å². The van der Waals surface area contributed by atoms with Crippen molar-refractivity contribution in [2.75, 3.05) is 119 Å². The SMILES string of the molecule is CCCCCCCCCCCC(=O)NC(COCCC(=O)NCCCCNC(=O)c1ccc(OCc2cn([C@H]3CO[C@H](CO)[C@H](O)[C@@H]3O)nn2)cc1)(COCCC(=O)NCCCCNC(=O)c1ccc(OCc2cn([C@H]3CO[C@H](CO)[C@H](O)[C@@H]3O)nn2)cc1)COCCC(=O)NCCCCNC(=O)c1ccc(OCc2cn([C@H]3CO[C@H](CO)[C@H](O)[C@@H]3O)nn2)cc1. The fourth-order valence-electron chi connectivity index (χ4n) is 14.1. The molecule has 0 aliphatic carbocycles. The van der Waals surface area contributed by atoms with Crippen molar-refractivity contribution in [2.24, 2.45) is 0 Å². The van der Waals surface area contributed by atoms with Crippen molar-refractivity contribution in [1.29, 1.82) is 0 Å². The zero-order chi connectivity index (χ0) is 89.8. The minimum atomic E-state index is -1.34. The van der Waals surface area contributed by atoms with E-state index in [4.69, 9.17) is 42.6 Å². The van der Waals surface area contributed by atoms with E-state index in [0.29, 0.717) is 135 Å². The number of aromatic nitrogens is 9. The molecule has 6 heterocycles. The van der Waals surface area contributed by atoms with Gasteiger partial charge in [-0.15, -0.1) is 15.3 Å². The number of unbranched alkanes of at least 4 members (excludes halogenated alkanes) is 11. The van der Waals surface area contributed by atoms with Gasteiger partial charge in [-0.25, -0.2) is 14.0 Å². The number of ether oxygens (including phenoxy) is 9. The van der Waals surface area contributed by atoms with Gasteiger partial charge in [-0.1, -0.05) is 73.9 Å². The maximum Gasteiger partial charge on any atom is 0.251 e. The number of amides is 7. The fraction of sp³-hybridized carbons (Fsp3) is 0.635. The van der Waals surface area contributed by atoms with Crippen LogP contribution in [0.5, 0.6) is 17.2 Å².